The molecule has 0 bridgehead atoms. The zero-order valence-corrected chi connectivity index (χ0v) is 13.0. The lowest BCUT2D eigenvalue weighted by molar-refractivity contribution is 0.240. The molecule has 1 unspecified atom stereocenters. The molecule has 4 heteroatoms. The van der Waals surface area contributed by atoms with Gasteiger partial charge in [-0.25, -0.2) is 0 Å². The van der Waals surface area contributed by atoms with Gasteiger partial charge in [0.25, 0.3) is 0 Å². The van der Waals surface area contributed by atoms with E-state index >= 15 is 0 Å². The molecule has 0 saturated heterocycles. The predicted octanol–water partition coefficient (Wildman–Crippen LogP) is 3.19. The highest BCUT2D eigenvalue weighted by molar-refractivity contribution is 9.10. The van der Waals surface area contributed by atoms with Crippen LogP contribution in [0.4, 0.5) is 0 Å². The van der Waals surface area contributed by atoms with Crippen LogP contribution >= 0.6 is 15.9 Å². The molecular formula is C14H23BrN2O. The summed E-state index contributed by atoms with van der Waals surface area (Å²) in [6.45, 7) is 3.84. The van der Waals surface area contributed by atoms with Crippen LogP contribution in [0.2, 0.25) is 0 Å². The van der Waals surface area contributed by atoms with Crippen molar-refractivity contribution in [2.24, 2.45) is 5.73 Å². The smallest absolute Gasteiger partial charge is 0.123 e. The topological polar surface area (TPSA) is 38.5 Å². The number of rotatable bonds is 7. The maximum absolute atomic E-state index is 5.94. The highest BCUT2D eigenvalue weighted by Crippen LogP contribution is 2.31. The standard InChI is InChI=1S/C14H23BrN2O/c1-4-5-8-17(2)13(10-16)12-9-11(15)6-7-14(12)18-3/h6-7,9,13H,4-5,8,10,16H2,1-3H3. The summed E-state index contributed by atoms with van der Waals surface area (Å²) in [5.74, 6) is 0.900. The second kappa shape index (κ2) is 7.77. The van der Waals surface area contributed by atoms with Crippen molar-refractivity contribution in [3.63, 3.8) is 0 Å². The van der Waals surface area contributed by atoms with Gasteiger partial charge in [0.2, 0.25) is 0 Å². The molecule has 0 spiro atoms. The molecule has 0 aromatic heterocycles. The third kappa shape index (κ3) is 3.97. The molecular weight excluding hydrogens is 292 g/mol. The number of nitrogens with two attached hydrogens (primary N) is 1. The Hall–Kier alpha value is -0.580. The fourth-order valence-corrected chi connectivity index (χ4v) is 2.45. The second-order valence-corrected chi connectivity index (χ2v) is 5.39. The number of halogens is 1. The van der Waals surface area contributed by atoms with Gasteiger partial charge in [0.05, 0.1) is 13.2 Å². The van der Waals surface area contributed by atoms with E-state index in [4.69, 9.17) is 10.5 Å². The average Bonchev–Trinajstić information content (AvgIpc) is 2.37. The van der Waals surface area contributed by atoms with E-state index in [-0.39, 0.29) is 6.04 Å². The number of unbranched alkanes of at least 4 members (excludes halogenated alkanes) is 1. The molecule has 102 valence electrons. The number of nitrogens with zero attached hydrogens (tertiary/aromatic N) is 1. The summed E-state index contributed by atoms with van der Waals surface area (Å²) >= 11 is 3.51. The van der Waals surface area contributed by atoms with Crippen LogP contribution in [-0.4, -0.2) is 32.1 Å². The SMILES string of the molecule is CCCCN(C)C(CN)c1cc(Br)ccc1OC. The Kier molecular flexibility index (Phi) is 6.68. The van der Waals surface area contributed by atoms with Crippen molar-refractivity contribution < 1.29 is 4.74 Å². The first kappa shape index (κ1) is 15.5. The van der Waals surface area contributed by atoms with Crippen molar-refractivity contribution in [3.8, 4) is 5.75 Å². The number of likely N-dealkylation sites (N-methyl/N-ethyl adjacent to an activating group) is 1. The summed E-state index contributed by atoms with van der Waals surface area (Å²) < 4.78 is 6.49. The highest BCUT2D eigenvalue weighted by Gasteiger charge is 2.19. The fraction of sp³-hybridized carbons (Fsp3) is 0.571. The Morgan fingerprint density at radius 2 is 2.17 bits per heavy atom. The van der Waals surface area contributed by atoms with Crippen LogP contribution in [0.5, 0.6) is 5.75 Å². The Morgan fingerprint density at radius 3 is 2.72 bits per heavy atom. The van der Waals surface area contributed by atoms with E-state index in [2.05, 4.69) is 40.9 Å². The first-order chi connectivity index (χ1) is 8.63. The van der Waals surface area contributed by atoms with Gasteiger partial charge in [-0.15, -0.1) is 0 Å². The van der Waals surface area contributed by atoms with E-state index in [0.717, 1.165) is 22.3 Å². The van der Waals surface area contributed by atoms with Crippen LogP contribution in [0.15, 0.2) is 22.7 Å². The van der Waals surface area contributed by atoms with Crippen LogP contribution in [0.3, 0.4) is 0 Å². The second-order valence-electron chi connectivity index (χ2n) is 4.47. The number of benzene rings is 1. The lowest BCUT2D eigenvalue weighted by Gasteiger charge is -2.28. The van der Waals surface area contributed by atoms with E-state index in [1.807, 2.05) is 12.1 Å². The maximum Gasteiger partial charge on any atom is 0.123 e. The van der Waals surface area contributed by atoms with E-state index in [9.17, 15) is 0 Å². The Labute approximate surface area is 118 Å². The minimum atomic E-state index is 0.198. The number of hydrogen-bond acceptors (Lipinski definition) is 3. The zero-order chi connectivity index (χ0) is 13.5. The molecule has 0 fully saturated rings. The Balaban J connectivity index is 2.96. The first-order valence-electron chi connectivity index (χ1n) is 6.37. The van der Waals surface area contributed by atoms with Gasteiger partial charge < -0.3 is 10.5 Å². The van der Waals surface area contributed by atoms with Gasteiger partial charge >= 0.3 is 0 Å². The van der Waals surface area contributed by atoms with Gasteiger partial charge in [-0.1, -0.05) is 29.3 Å². The summed E-state index contributed by atoms with van der Waals surface area (Å²) in [4.78, 5) is 2.30. The maximum atomic E-state index is 5.94. The molecule has 0 heterocycles. The third-order valence-corrected chi connectivity index (χ3v) is 3.66. The lowest BCUT2D eigenvalue weighted by Crippen LogP contribution is -2.31. The quantitative estimate of drug-likeness (QED) is 0.840. The molecule has 1 aromatic rings. The minimum Gasteiger partial charge on any atom is -0.496 e. The van der Waals surface area contributed by atoms with Crippen LogP contribution < -0.4 is 10.5 Å². The van der Waals surface area contributed by atoms with E-state index in [1.54, 1.807) is 7.11 Å². The molecule has 18 heavy (non-hydrogen) atoms. The summed E-state index contributed by atoms with van der Waals surface area (Å²) in [6, 6.07) is 6.26. The monoisotopic (exact) mass is 314 g/mol. The zero-order valence-electron chi connectivity index (χ0n) is 11.4. The van der Waals surface area contributed by atoms with E-state index in [1.165, 1.54) is 12.8 Å². The Bertz CT molecular complexity index is 371. The molecule has 0 saturated carbocycles. The van der Waals surface area contributed by atoms with Crippen molar-refractivity contribution >= 4 is 15.9 Å². The van der Waals surface area contributed by atoms with Gasteiger partial charge in [-0.05, 0) is 38.2 Å². The highest BCUT2D eigenvalue weighted by atomic mass is 79.9. The Morgan fingerprint density at radius 1 is 1.44 bits per heavy atom. The molecule has 1 atom stereocenters. The molecule has 0 aliphatic carbocycles. The number of methoxy groups -OCH3 is 1. The third-order valence-electron chi connectivity index (χ3n) is 3.17. The van der Waals surface area contributed by atoms with Gasteiger partial charge in [-0.2, -0.15) is 0 Å². The molecule has 3 nitrogen and oxygen atoms in total. The predicted molar refractivity (Wildman–Crippen MR) is 80.0 cm³/mol. The molecule has 1 rings (SSSR count). The summed E-state index contributed by atoms with van der Waals surface area (Å²) in [5.41, 5.74) is 7.08. The van der Waals surface area contributed by atoms with E-state index < -0.39 is 0 Å². The normalized spacial score (nSPS) is 12.8. The lowest BCUT2D eigenvalue weighted by atomic mass is 10.0. The van der Waals surface area contributed by atoms with Gasteiger partial charge in [0, 0.05) is 16.6 Å². The molecule has 0 aliphatic heterocycles. The molecule has 2 N–H and O–H groups in total. The first-order valence-corrected chi connectivity index (χ1v) is 7.17. The fourth-order valence-electron chi connectivity index (χ4n) is 2.07. The van der Waals surface area contributed by atoms with Gasteiger partial charge in [-0.3, -0.25) is 4.90 Å². The average molecular weight is 315 g/mol. The van der Waals surface area contributed by atoms with Crippen molar-refractivity contribution in [3.05, 3.63) is 28.2 Å². The molecule has 0 amide bonds. The number of ether oxygens (including phenoxy) is 1. The van der Waals surface area contributed by atoms with Crippen molar-refractivity contribution in [2.75, 3.05) is 27.2 Å². The van der Waals surface area contributed by atoms with Crippen molar-refractivity contribution in [1.82, 2.24) is 4.90 Å². The largest absolute Gasteiger partial charge is 0.496 e. The van der Waals surface area contributed by atoms with Crippen molar-refractivity contribution in [1.29, 1.82) is 0 Å². The van der Waals surface area contributed by atoms with Gasteiger partial charge in [0.1, 0.15) is 5.75 Å². The molecule has 0 radical (unpaired) electrons. The molecule has 1 aromatic carbocycles. The van der Waals surface area contributed by atoms with E-state index in [0.29, 0.717) is 6.54 Å². The number of hydrogen-bond donors (Lipinski definition) is 1. The minimum absolute atomic E-state index is 0.198. The van der Waals surface area contributed by atoms with Gasteiger partial charge in [0.15, 0.2) is 0 Å². The van der Waals surface area contributed by atoms with Crippen LogP contribution in [0.25, 0.3) is 0 Å². The van der Waals surface area contributed by atoms with Crippen LogP contribution in [-0.2, 0) is 0 Å². The molecule has 0 aliphatic rings. The summed E-state index contributed by atoms with van der Waals surface area (Å²) in [5, 5.41) is 0. The summed E-state index contributed by atoms with van der Waals surface area (Å²) in [6.07, 6.45) is 2.38. The van der Waals surface area contributed by atoms with Crippen LogP contribution in [0.1, 0.15) is 31.4 Å². The van der Waals surface area contributed by atoms with Crippen LogP contribution in [0, 0.1) is 0 Å². The van der Waals surface area contributed by atoms with Crippen molar-refractivity contribution in [2.45, 2.75) is 25.8 Å². The summed E-state index contributed by atoms with van der Waals surface area (Å²) in [7, 11) is 3.82.